The summed E-state index contributed by atoms with van der Waals surface area (Å²) in [5, 5.41) is 3.32. The average molecular weight is 601 g/mol. The third kappa shape index (κ3) is 8.64. The van der Waals surface area contributed by atoms with Crippen molar-refractivity contribution in [1.82, 2.24) is 4.98 Å². The number of carbonyl (C=O) groups is 1. The van der Waals surface area contributed by atoms with Gasteiger partial charge in [-0.1, -0.05) is 72.8 Å². The lowest BCUT2D eigenvalue weighted by molar-refractivity contribution is 0.112. The number of sulfone groups is 1. The topological polar surface area (TPSA) is 112 Å². The second-order valence-corrected chi connectivity index (χ2v) is 13.0. The Morgan fingerprint density at radius 1 is 0.738 bits per heavy atom. The number of aldehydes is 1. The van der Waals surface area contributed by atoms with Gasteiger partial charge in [-0.05, 0) is 54.6 Å². The molecule has 1 heterocycles. The number of aromatic nitrogens is 1. The van der Waals surface area contributed by atoms with E-state index in [4.69, 9.17) is 9.05 Å². The summed E-state index contributed by atoms with van der Waals surface area (Å²) >= 11 is 0. The number of rotatable bonds is 10. The van der Waals surface area contributed by atoms with Gasteiger partial charge in [-0.25, -0.2) is 13.0 Å². The highest BCUT2D eigenvalue weighted by molar-refractivity contribution is 7.90. The number of para-hydroxylation sites is 3. The summed E-state index contributed by atoms with van der Waals surface area (Å²) < 4.78 is 48.3. The van der Waals surface area contributed by atoms with Crippen molar-refractivity contribution in [3.8, 4) is 11.5 Å². The zero-order chi connectivity index (χ0) is 29.8. The monoisotopic (exact) mass is 600 g/mol. The molecule has 0 bridgehead atoms. The number of nitrogens with zero attached hydrogens (tertiary/aromatic N) is 1. The van der Waals surface area contributed by atoms with Crippen LogP contribution in [0.4, 0.5) is 5.69 Å². The predicted octanol–water partition coefficient (Wildman–Crippen LogP) is 7.45. The van der Waals surface area contributed by atoms with E-state index in [0.29, 0.717) is 28.9 Å². The third-order valence-corrected chi connectivity index (χ3v) is 8.91. The molecule has 0 fully saturated rings. The highest BCUT2D eigenvalue weighted by Crippen LogP contribution is 2.60. The molecule has 42 heavy (non-hydrogen) atoms. The molecule has 1 atom stereocenters. The molecule has 0 aliphatic heterocycles. The van der Waals surface area contributed by atoms with Crippen LogP contribution in [0.15, 0.2) is 145 Å². The van der Waals surface area contributed by atoms with Crippen molar-refractivity contribution in [3.05, 3.63) is 151 Å². The van der Waals surface area contributed by atoms with Gasteiger partial charge in [0.15, 0.2) is 15.6 Å². The minimum Gasteiger partial charge on any atom is -0.414 e. The van der Waals surface area contributed by atoms with Crippen molar-refractivity contribution in [1.29, 1.82) is 0 Å². The first-order valence-electron chi connectivity index (χ1n) is 12.8. The van der Waals surface area contributed by atoms with Crippen LogP contribution in [0.25, 0.3) is 0 Å². The summed E-state index contributed by atoms with van der Waals surface area (Å²) in [6, 6.07) is 37.0. The quantitative estimate of drug-likeness (QED) is 0.130. The summed E-state index contributed by atoms with van der Waals surface area (Å²) in [4.78, 5) is 14.7. The van der Waals surface area contributed by atoms with Crippen LogP contribution < -0.4 is 14.4 Å². The van der Waals surface area contributed by atoms with Gasteiger partial charge in [-0.15, -0.1) is 0 Å². The number of benzene rings is 4. The third-order valence-electron chi connectivity index (χ3n) is 5.79. The van der Waals surface area contributed by atoms with Gasteiger partial charge >= 0.3 is 7.60 Å². The molecule has 1 aromatic heterocycles. The van der Waals surface area contributed by atoms with Crippen LogP contribution in [0.1, 0.15) is 21.7 Å². The highest BCUT2D eigenvalue weighted by Gasteiger charge is 2.41. The molecule has 8 nitrogen and oxygen atoms in total. The van der Waals surface area contributed by atoms with Gasteiger partial charge < -0.3 is 14.4 Å². The van der Waals surface area contributed by atoms with Crippen molar-refractivity contribution in [2.45, 2.75) is 10.7 Å². The first kappa shape index (κ1) is 30.2. The smallest absolute Gasteiger partial charge is 0.414 e. The van der Waals surface area contributed by atoms with E-state index in [-0.39, 0.29) is 4.90 Å². The largest absolute Gasteiger partial charge is 0.457 e. The number of nitrogens with one attached hydrogen (secondary N) is 1. The second-order valence-electron chi connectivity index (χ2n) is 9.01. The van der Waals surface area contributed by atoms with E-state index in [9.17, 15) is 17.8 Å². The fraction of sp³-hybridized carbons (Fsp3) is 0.0625. The van der Waals surface area contributed by atoms with Crippen molar-refractivity contribution in [3.63, 3.8) is 0 Å². The van der Waals surface area contributed by atoms with E-state index in [0.717, 1.165) is 11.9 Å². The molecule has 1 unspecified atom stereocenters. The molecule has 5 rings (SSSR count). The molecular formula is C32H29N2O6PS. The fourth-order valence-corrected chi connectivity index (χ4v) is 6.28. The highest BCUT2D eigenvalue weighted by atomic mass is 32.2. The zero-order valence-electron chi connectivity index (χ0n) is 22.7. The Bertz CT molecular complexity index is 1660. The van der Waals surface area contributed by atoms with Crippen LogP contribution in [-0.2, 0) is 14.4 Å². The van der Waals surface area contributed by atoms with Crippen molar-refractivity contribution >= 4 is 29.4 Å². The maximum Gasteiger partial charge on any atom is 0.457 e. The molecule has 0 saturated heterocycles. The minimum atomic E-state index is -3.81. The minimum absolute atomic E-state index is 0.230. The molecular weight excluding hydrogens is 571 g/mol. The number of hydrogen-bond donors (Lipinski definition) is 1. The lowest BCUT2D eigenvalue weighted by atomic mass is 10.2. The fourth-order valence-electron chi connectivity index (χ4n) is 3.75. The molecule has 5 aromatic rings. The molecule has 0 amide bonds. The molecule has 214 valence electrons. The van der Waals surface area contributed by atoms with Gasteiger partial charge in [0.2, 0.25) is 0 Å². The van der Waals surface area contributed by atoms with Gasteiger partial charge in [0, 0.05) is 35.5 Å². The Kier molecular flexibility index (Phi) is 10.3. The summed E-state index contributed by atoms with van der Waals surface area (Å²) in [5.74, 6) is 0.134. The van der Waals surface area contributed by atoms with Gasteiger partial charge in [0.25, 0.3) is 0 Å². The maximum atomic E-state index is 14.3. The van der Waals surface area contributed by atoms with Crippen LogP contribution in [0.3, 0.4) is 0 Å². The van der Waals surface area contributed by atoms with Crippen LogP contribution in [0, 0.1) is 0 Å². The zero-order valence-corrected chi connectivity index (χ0v) is 24.4. The van der Waals surface area contributed by atoms with Crippen molar-refractivity contribution < 1.29 is 26.8 Å². The maximum absolute atomic E-state index is 14.3. The molecule has 0 saturated carbocycles. The van der Waals surface area contributed by atoms with Gasteiger partial charge in [-0.3, -0.25) is 9.78 Å². The van der Waals surface area contributed by atoms with Gasteiger partial charge in [-0.2, -0.15) is 0 Å². The Hall–Kier alpha value is -4.72. The van der Waals surface area contributed by atoms with Crippen molar-refractivity contribution in [2.75, 3.05) is 11.6 Å². The molecule has 1 N–H and O–H groups in total. The molecule has 0 radical (unpaired) electrons. The summed E-state index contributed by atoms with van der Waals surface area (Å²) in [6.45, 7) is 0. The van der Waals surface area contributed by atoms with E-state index in [1.54, 1.807) is 42.7 Å². The lowest BCUT2D eigenvalue weighted by Crippen LogP contribution is -2.18. The summed E-state index contributed by atoms with van der Waals surface area (Å²) in [7, 11) is -6.96. The molecule has 10 heteroatoms. The van der Waals surface area contributed by atoms with Crippen molar-refractivity contribution in [2.24, 2.45) is 0 Å². The van der Waals surface area contributed by atoms with Crippen LogP contribution >= 0.6 is 7.60 Å². The van der Waals surface area contributed by atoms with Gasteiger partial charge in [0.05, 0.1) is 4.90 Å². The SMILES string of the molecule is CS(=O)(=O)c1ccc(C=O)cc1.O=P(Oc1ccccc1)(Oc1ccccc1)C(Nc1ccccc1)c1cccnc1. The van der Waals surface area contributed by atoms with Crippen LogP contribution in [0.5, 0.6) is 11.5 Å². The Balaban J connectivity index is 0.000000283. The average Bonchev–Trinajstić information content (AvgIpc) is 3.01. The first-order chi connectivity index (χ1) is 20.3. The second kappa shape index (κ2) is 14.3. The first-order valence-corrected chi connectivity index (χ1v) is 16.3. The molecule has 4 aromatic carbocycles. The van der Waals surface area contributed by atoms with Crippen LogP contribution in [-0.4, -0.2) is 25.9 Å². The Morgan fingerprint density at radius 2 is 1.26 bits per heavy atom. The number of anilines is 1. The summed E-state index contributed by atoms with van der Waals surface area (Å²) in [5.41, 5.74) is 1.96. The Morgan fingerprint density at radius 3 is 1.71 bits per heavy atom. The molecule has 0 aliphatic carbocycles. The predicted molar refractivity (Wildman–Crippen MR) is 164 cm³/mol. The molecule has 0 aliphatic rings. The number of pyridine rings is 1. The van der Waals surface area contributed by atoms with E-state index >= 15 is 0 Å². The lowest BCUT2D eigenvalue weighted by Gasteiger charge is -2.29. The van der Waals surface area contributed by atoms with E-state index in [1.807, 2.05) is 72.8 Å². The number of carbonyl (C=O) groups excluding carboxylic acids is 1. The van der Waals surface area contributed by atoms with E-state index in [2.05, 4.69) is 10.3 Å². The van der Waals surface area contributed by atoms with Crippen LogP contribution in [0.2, 0.25) is 0 Å². The van der Waals surface area contributed by atoms with Gasteiger partial charge in [0.1, 0.15) is 17.8 Å². The standard InChI is InChI=1S/C24H21N2O3P.C8H8O3S/c27-30(28-22-14-6-2-7-15-22,29-23-16-8-3-9-17-23)24(20-11-10-18-25-19-20)26-21-12-4-1-5-13-21;1-12(10,11)8-4-2-7(6-9)3-5-8/h1-19,24,26H;2-6H,1H3. The number of hydrogen-bond acceptors (Lipinski definition) is 8. The molecule has 0 spiro atoms. The summed E-state index contributed by atoms with van der Waals surface area (Å²) in [6.07, 6.45) is 5.13. The van der Waals surface area contributed by atoms with E-state index < -0.39 is 23.2 Å². The normalized spacial score (nSPS) is 11.7. The Labute approximate surface area is 245 Å². The van der Waals surface area contributed by atoms with E-state index in [1.165, 1.54) is 24.3 Å².